The predicted molar refractivity (Wildman–Crippen MR) is 88.1 cm³/mol. The van der Waals surface area contributed by atoms with Crippen LogP contribution in [0.4, 0.5) is 0 Å². The Morgan fingerprint density at radius 1 is 0.810 bits per heavy atom. The second-order valence-corrected chi connectivity index (χ2v) is 5.44. The van der Waals surface area contributed by atoms with Gasteiger partial charge in [0.25, 0.3) is 0 Å². The molecule has 122 valence electrons. The van der Waals surface area contributed by atoms with Crippen molar-refractivity contribution in [2.75, 3.05) is 13.1 Å². The number of unbranched alkanes of at least 4 members (excludes halogenated alkanes) is 9. The third-order valence-electron chi connectivity index (χ3n) is 3.43. The molecule has 0 fully saturated rings. The number of amides is 2. The van der Waals surface area contributed by atoms with Crippen LogP contribution in [0.5, 0.6) is 0 Å². The van der Waals surface area contributed by atoms with E-state index >= 15 is 0 Å². The van der Waals surface area contributed by atoms with Gasteiger partial charge in [0.15, 0.2) is 0 Å². The Balaban J connectivity index is 3.26. The Bertz CT molecular complexity index is 291. The smallest absolute Gasteiger partial charge is 0.309 e. The molecule has 0 rings (SSSR count). The standard InChI is InChI=1S/C17H32N2O2/c1-3-5-6-7-8-9-10-11-12-13-15-19-17(21)16(20)18-14-4-2/h4H,2-3,5-15H2,1H3,(H,18,20)(H,19,21). The van der Waals surface area contributed by atoms with Crippen LogP contribution in [0.1, 0.15) is 71.1 Å². The maximum absolute atomic E-state index is 11.4. The number of carbonyl (C=O) groups is 2. The monoisotopic (exact) mass is 296 g/mol. The maximum Gasteiger partial charge on any atom is 0.309 e. The van der Waals surface area contributed by atoms with Crippen molar-refractivity contribution >= 4 is 11.8 Å². The SMILES string of the molecule is C=CCNC(=O)C(=O)NCCCCCCCCCCCC. The van der Waals surface area contributed by atoms with Crippen LogP contribution in [0.3, 0.4) is 0 Å². The van der Waals surface area contributed by atoms with Gasteiger partial charge < -0.3 is 10.6 Å². The average molecular weight is 296 g/mol. The van der Waals surface area contributed by atoms with Crippen LogP contribution in [0, 0.1) is 0 Å². The van der Waals surface area contributed by atoms with E-state index in [2.05, 4.69) is 24.1 Å². The first-order valence-electron chi connectivity index (χ1n) is 8.39. The second-order valence-electron chi connectivity index (χ2n) is 5.44. The van der Waals surface area contributed by atoms with Crippen molar-refractivity contribution < 1.29 is 9.59 Å². The highest BCUT2D eigenvalue weighted by Crippen LogP contribution is 2.10. The maximum atomic E-state index is 11.4. The van der Waals surface area contributed by atoms with Gasteiger partial charge in [-0.2, -0.15) is 0 Å². The summed E-state index contributed by atoms with van der Waals surface area (Å²) in [6.45, 7) is 6.62. The minimum atomic E-state index is -0.582. The molecule has 0 aromatic heterocycles. The fraction of sp³-hybridized carbons (Fsp3) is 0.765. The molecular weight excluding hydrogens is 264 g/mol. The normalized spacial score (nSPS) is 10.1. The molecule has 2 N–H and O–H groups in total. The summed E-state index contributed by atoms with van der Waals surface area (Å²) >= 11 is 0. The molecule has 0 aliphatic carbocycles. The van der Waals surface area contributed by atoms with Crippen LogP contribution < -0.4 is 10.6 Å². The summed E-state index contributed by atoms with van der Waals surface area (Å²) in [6.07, 6.45) is 14.2. The van der Waals surface area contributed by atoms with Crippen molar-refractivity contribution in [1.29, 1.82) is 0 Å². The molecule has 21 heavy (non-hydrogen) atoms. The molecule has 0 saturated carbocycles. The lowest BCUT2D eigenvalue weighted by atomic mass is 10.1. The number of hydrogen-bond donors (Lipinski definition) is 2. The van der Waals surface area contributed by atoms with Crippen LogP contribution in [0.2, 0.25) is 0 Å². The molecule has 2 amide bonds. The number of hydrogen-bond acceptors (Lipinski definition) is 2. The van der Waals surface area contributed by atoms with Gasteiger partial charge in [0, 0.05) is 13.1 Å². The summed E-state index contributed by atoms with van der Waals surface area (Å²) in [5.74, 6) is -1.13. The molecule has 0 bridgehead atoms. The predicted octanol–water partition coefficient (Wildman–Crippen LogP) is 3.33. The van der Waals surface area contributed by atoms with E-state index in [4.69, 9.17) is 0 Å². The van der Waals surface area contributed by atoms with Crippen LogP contribution in [0.25, 0.3) is 0 Å². The first-order valence-corrected chi connectivity index (χ1v) is 8.39. The molecule has 0 radical (unpaired) electrons. The van der Waals surface area contributed by atoms with Gasteiger partial charge in [-0.15, -0.1) is 6.58 Å². The molecule has 4 nitrogen and oxygen atoms in total. The van der Waals surface area contributed by atoms with E-state index in [1.54, 1.807) is 6.08 Å². The van der Waals surface area contributed by atoms with Gasteiger partial charge in [0.2, 0.25) is 0 Å². The summed E-state index contributed by atoms with van der Waals surface area (Å²) in [5, 5.41) is 5.08. The van der Waals surface area contributed by atoms with Crippen molar-refractivity contribution in [3.8, 4) is 0 Å². The largest absolute Gasteiger partial charge is 0.348 e. The first-order chi connectivity index (χ1) is 10.2. The highest BCUT2D eigenvalue weighted by atomic mass is 16.2. The zero-order valence-corrected chi connectivity index (χ0v) is 13.6. The van der Waals surface area contributed by atoms with Gasteiger partial charge in [-0.05, 0) is 6.42 Å². The number of nitrogens with one attached hydrogen (secondary N) is 2. The Morgan fingerprint density at radius 2 is 1.29 bits per heavy atom. The van der Waals surface area contributed by atoms with Crippen molar-refractivity contribution in [3.63, 3.8) is 0 Å². The Kier molecular flexibility index (Phi) is 14.1. The van der Waals surface area contributed by atoms with E-state index in [1.807, 2.05) is 0 Å². The van der Waals surface area contributed by atoms with Crippen LogP contribution >= 0.6 is 0 Å². The fourth-order valence-electron chi connectivity index (χ4n) is 2.14. The van der Waals surface area contributed by atoms with E-state index in [1.165, 1.54) is 51.4 Å². The lowest BCUT2D eigenvalue weighted by Crippen LogP contribution is -2.40. The molecule has 0 unspecified atom stereocenters. The van der Waals surface area contributed by atoms with Gasteiger partial charge in [-0.3, -0.25) is 9.59 Å². The van der Waals surface area contributed by atoms with Gasteiger partial charge in [-0.25, -0.2) is 0 Å². The molecule has 0 aromatic carbocycles. The molecule has 0 aromatic rings. The first kappa shape index (κ1) is 19.7. The van der Waals surface area contributed by atoms with Gasteiger partial charge in [-0.1, -0.05) is 70.8 Å². The van der Waals surface area contributed by atoms with E-state index in [-0.39, 0.29) is 0 Å². The number of rotatable bonds is 13. The van der Waals surface area contributed by atoms with Crippen LogP contribution in [-0.2, 0) is 9.59 Å². The summed E-state index contributed by atoms with van der Waals surface area (Å²) in [7, 11) is 0. The zero-order valence-electron chi connectivity index (χ0n) is 13.6. The Labute approximate surface area is 129 Å². The molecule has 0 atom stereocenters. The average Bonchev–Trinajstić information content (AvgIpc) is 2.49. The van der Waals surface area contributed by atoms with Gasteiger partial charge in [0.1, 0.15) is 0 Å². The molecule has 0 heterocycles. The van der Waals surface area contributed by atoms with Crippen LogP contribution in [-0.4, -0.2) is 24.9 Å². The Morgan fingerprint density at radius 3 is 1.81 bits per heavy atom. The summed E-state index contributed by atoms with van der Waals surface area (Å²) in [5.41, 5.74) is 0. The topological polar surface area (TPSA) is 58.2 Å². The van der Waals surface area contributed by atoms with E-state index in [0.29, 0.717) is 13.1 Å². The minimum Gasteiger partial charge on any atom is -0.348 e. The lowest BCUT2D eigenvalue weighted by Gasteiger charge is -2.05. The second kappa shape index (κ2) is 15.1. The highest BCUT2D eigenvalue weighted by molar-refractivity contribution is 6.35. The fourth-order valence-corrected chi connectivity index (χ4v) is 2.14. The van der Waals surface area contributed by atoms with Gasteiger partial charge in [0.05, 0.1) is 0 Å². The zero-order chi connectivity index (χ0) is 15.8. The molecule has 0 saturated heterocycles. The molecule has 4 heteroatoms. The van der Waals surface area contributed by atoms with Crippen molar-refractivity contribution in [1.82, 2.24) is 10.6 Å². The van der Waals surface area contributed by atoms with Crippen molar-refractivity contribution in [2.45, 2.75) is 71.1 Å². The molecule has 0 spiro atoms. The number of carbonyl (C=O) groups excluding carboxylic acids is 2. The summed E-state index contributed by atoms with van der Waals surface area (Å²) in [4.78, 5) is 22.6. The molecule has 0 aliphatic rings. The van der Waals surface area contributed by atoms with Gasteiger partial charge >= 0.3 is 11.8 Å². The third-order valence-corrected chi connectivity index (χ3v) is 3.43. The van der Waals surface area contributed by atoms with Crippen molar-refractivity contribution in [3.05, 3.63) is 12.7 Å². The minimum absolute atomic E-state index is 0.324. The highest BCUT2D eigenvalue weighted by Gasteiger charge is 2.10. The summed E-state index contributed by atoms with van der Waals surface area (Å²) in [6, 6.07) is 0. The summed E-state index contributed by atoms with van der Waals surface area (Å²) < 4.78 is 0. The Hall–Kier alpha value is -1.32. The lowest BCUT2D eigenvalue weighted by molar-refractivity contribution is -0.139. The van der Waals surface area contributed by atoms with E-state index < -0.39 is 11.8 Å². The quantitative estimate of drug-likeness (QED) is 0.311. The van der Waals surface area contributed by atoms with Crippen molar-refractivity contribution in [2.24, 2.45) is 0 Å². The van der Waals surface area contributed by atoms with E-state index in [0.717, 1.165) is 12.8 Å². The molecular formula is C17H32N2O2. The molecule has 0 aliphatic heterocycles. The third kappa shape index (κ3) is 13.4. The van der Waals surface area contributed by atoms with E-state index in [9.17, 15) is 9.59 Å². The van der Waals surface area contributed by atoms with Crippen LogP contribution in [0.15, 0.2) is 12.7 Å².